The van der Waals surface area contributed by atoms with Crippen molar-refractivity contribution in [2.75, 3.05) is 0 Å². The van der Waals surface area contributed by atoms with E-state index in [1.54, 1.807) is 11.3 Å². The fourth-order valence-corrected chi connectivity index (χ4v) is 3.89. The Hall–Kier alpha value is -1.62. The molecule has 0 atom stereocenters. The van der Waals surface area contributed by atoms with Crippen molar-refractivity contribution in [2.24, 2.45) is 0 Å². The van der Waals surface area contributed by atoms with Gasteiger partial charge in [-0.25, -0.2) is 4.98 Å². The Kier molecular flexibility index (Phi) is 3.97. The molecule has 5 heteroatoms. The van der Waals surface area contributed by atoms with E-state index in [2.05, 4.69) is 49.4 Å². The second-order valence-corrected chi connectivity index (χ2v) is 7.43. The van der Waals surface area contributed by atoms with Crippen LogP contribution in [0.25, 0.3) is 16.9 Å². The van der Waals surface area contributed by atoms with E-state index in [9.17, 15) is 0 Å². The Balaban J connectivity index is 1.95. The molecule has 0 fully saturated rings. The highest BCUT2D eigenvalue weighted by atomic mass is 79.9. The number of halogens is 2. The summed E-state index contributed by atoms with van der Waals surface area (Å²) in [5.41, 5.74) is 5.43. The molecule has 0 saturated carbocycles. The van der Waals surface area contributed by atoms with E-state index in [-0.39, 0.29) is 0 Å². The van der Waals surface area contributed by atoms with Crippen LogP contribution >= 0.6 is 38.9 Å². The monoisotopic (exact) mass is 402 g/mol. The second-order valence-electron chi connectivity index (χ2n) is 5.30. The Labute approximate surface area is 151 Å². The van der Waals surface area contributed by atoms with Gasteiger partial charge in [-0.2, -0.15) is 11.3 Å². The summed E-state index contributed by atoms with van der Waals surface area (Å²) in [6.07, 6.45) is 2.90. The zero-order chi connectivity index (χ0) is 15.8. The highest BCUT2D eigenvalue weighted by Crippen LogP contribution is 2.29. The second kappa shape index (κ2) is 6.11. The smallest absolute Gasteiger partial charge is 0.137 e. The van der Waals surface area contributed by atoms with E-state index in [1.165, 1.54) is 11.3 Å². The largest absolute Gasteiger partial charge is 0.302 e. The van der Waals surface area contributed by atoms with Crippen molar-refractivity contribution in [1.82, 2.24) is 9.38 Å². The van der Waals surface area contributed by atoms with Crippen molar-refractivity contribution in [2.45, 2.75) is 6.42 Å². The summed E-state index contributed by atoms with van der Waals surface area (Å²) in [5.74, 6) is 0. The van der Waals surface area contributed by atoms with Crippen LogP contribution < -0.4 is 0 Å². The molecule has 0 saturated heterocycles. The molecule has 0 N–H and O–H groups in total. The summed E-state index contributed by atoms with van der Waals surface area (Å²) < 4.78 is 3.18. The van der Waals surface area contributed by atoms with Crippen LogP contribution in [0.15, 0.2) is 63.9 Å². The van der Waals surface area contributed by atoms with Crippen molar-refractivity contribution >= 4 is 44.5 Å². The standard InChI is InChI=1S/C18H12BrClN2S/c19-14-4-5-17-21-18(13-2-1-3-15(20)9-13)16(22(17)10-14)8-12-6-7-23-11-12/h1-7,9-11H,8H2. The summed E-state index contributed by atoms with van der Waals surface area (Å²) in [5, 5.41) is 5.01. The van der Waals surface area contributed by atoms with Crippen LogP contribution in [0.3, 0.4) is 0 Å². The molecule has 1 aromatic carbocycles. The minimum atomic E-state index is 0.724. The average molecular weight is 404 g/mol. The van der Waals surface area contributed by atoms with Crippen molar-refractivity contribution in [3.05, 3.63) is 80.2 Å². The van der Waals surface area contributed by atoms with E-state index < -0.39 is 0 Å². The normalized spacial score (nSPS) is 11.2. The summed E-state index contributed by atoms with van der Waals surface area (Å²) in [6.45, 7) is 0. The topological polar surface area (TPSA) is 17.3 Å². The van der Waals surface area contributed by atoms with Gasteiger partial charge in [-0.05, 0) is 62.6 Å². The minimum absolute atomic E-state index is 0.724. The molecule has 23 heavy (non-hydrogen) atoms. The molecule has 0 aliphatic carbocycles. The first-order valence-electron chi connectivity index (χ1n) is 7.14. The van der Waals surface area contributed by atoms with Crippen LogP contribution in [-0.2, 0) is 6.42 Å². The Morgan fingerprint density at radius 3 is 2.87 bits per heavy atom. The Morgan fingerprint density at radius 1 is 1.17 bits per heavy atom. The molecule has 0 radical (unpaired) electrons. The van der Waals surface area contributed by atoms with Gasteiger partial charge in [-0.1, -0.05) is 23.7 Å². The highest BCUT2D eigenvalue weighted by Gasteiger charge is 2.15. The van der Waals surface area contributed by atoms with Gasteiger partial charge in [-0.3, -0.25) is 0 Å². The zero-order valence-corrected chi connectivity index (χ0v) is 15.2. The number of benzene rings is 1. The van der Waals surface area contributed by atoms with Crippen molar-refractivity contribution in [3.8, 4) is 11.3 Å². The number of imidazole rings is 1. The quantitative estimate of drug-likeness (QED) is 0.406. The van der Waals surface area contributed by atoms with Gasteiger partial charge in [0.05, 0.1) is 11.4 Å². The molecule has 0 unspecified atom stereocenters. The highest BCUT2D eigenvalue weighted by molar-refractivity contribution is 9.10. The number of hydrogen-bond donors (Lipinski definition) is 0. The van der Waals surface area contributed by atoms with Gasteiger partial charge in [0.25, 0.3) is 0 Å². The van der Waals surface area contributed by atoms with Gasteiger partial charge >= 0.3 is 0 Å². The van der Waals surface area contributed by atoms with E-state index in [4.69, 9.17) is 16.6 Å². The first kappa shape index (κ1) is 14.9. The fraction of sp³-hybridized carbons (Fsp3) is 0.0556. The number of pyridine rings is 1. The number of rotatable bonds is 3. The summed E-state index contributed by atoms with van der Waals surface area (Å²) in [4.78, 5) is 4.83. The van der Waals surface area contributed by atoms with E-state index in [0.29, 0.717) is 0 Å². The lowest BCUT2D eigenvalue weighted by molar-refractivity contribution is 1.03. The predicted octanol–water partition coefficient (Wildman–Crippen LogP) is 6.07. The lowest BCUT2D eigenvalue weighted by atomic mass is 10.1. The van der Waals surface area contributed by atoms with Gasteiger partial charge < -0.3 is 4.40 Å². The number of hydrogen-bond acceptors (Lipinski definition) is 2. The molecule has 0 bridgehead atoms. The van der Waals surface area contributed by atoms with Crippen LogP contribution in [-0.4, -0.2) is 9.38 Å². The van der Waals surface area contributed by atoms with Gasteiger partial charge in [-0.15, -0.1) is 0 Å². The summed E-state index contributed by atoms with van der Waals surface area (Å²) in [6, 6.07) is 14.1. The lowest BCUT2D eigenvalue weighted by Crippen LogP contribution is -1.95. The van der Waals surface area contributed by atoms with Crippen LogP contribution in [0, 0.1) is 0 Å². The summed E-state index contributed by atoms with van der Waals surface area (Å²) in [7, 11) is 0. The average Bonchev–Trinajstić information content (AvgIpc) is 3.16. The van der Waals surface area contributed by atoms with Crippen LogP contribution in [0.1, 0.15) is 11.3 Å². The van der Waals surface area contributed by atoms with Gasteiger partial charge in [0.2, 0.25) is 0 Å². The third-order valence-electron chi connectivity index (χ3n) is 3.73. The van der Waals surface area contributed by atoms with E-state index in [0.717, 1.165) is 32.8 Å². The van der Waals surface area contributed by atoms with E-state index >= 15 is 0 Å². The van der Waals surface area contributed by atoms with E-state index in [1.807, 2.05) is 30.3 Å². The Morgan fingerprint density at radius 2 is 2.09 bits per heavy atom. The first-order valence-corrected chi connectivity index (χ1v) is 9.25. The maximum absolute atomic E-state index is 6.17. The SMILES string of the molecule is Clc1cccc(-c2nc3ccc(Br)cn3c2Cc2ccsc2)c1. The maximum Gasteiger partial charge on any atom is 0.137 e. The predicted molar refractivity (Wildman–Crippen MR) is 100 cm³/mol. The molecule has 114 valence electrons. The fourth-order valence-electron chi connectivity index (χ4n) is 2.69. The molecular formula is C18H12BrClN2S. The van der Waals surface area contributed by atoms with Crippen LogP contribution in [0.4, 0.5) is 0 Å². The first-order chi connectivity index (χ1) is 11.2. The molecule has 4 aromatic rings. The molecule has 2 nitrogen and oxygen atoms in total. The van der Waals surface area contributed by atoms with Gasteiger partial charge in [0.1, 0.15) is 5.65 Å². The van der Waals surface area contributed by atoms with Gasteiger partial charge in [0.15, 0.2) is 0 Å². The van der Waals surface area contributed by atoms with Crippen LogP contribution in [0.5, 0.6) is 0 Å². The molecular weight excluding hydrogens is 392 g/mol. The molecule has 0 aliphatic rings. The molecule has 0 amide bonds. The molecule has 3 aromatic heterocycles. The number of aromatic nitrogens is 2. The van der Waals surface area contributed by atoms with Crippen LogP contribution in [0.2, 0.25) is 5.02 Å². The van der Waals surface area contributed by atoms with Crippen molar-refractivity contribution < 1.29 is 0 Å². The minimum Gasteiger partial charge on any atom is -0.302 e. The third-order valence-corrected chi connectivity index (χ3v) is 5.17. The zero-order valence-electron chi connectivity index (χ0n) is 12.0. The van der Waals surface area contributed by atoms with Gasteiger partial charge in [0, 0.05) is 27.7 Å². The molecule has 3 heterocycles. The molecule has 0 aliphatic heterocycles. The number of thiophene rings is 1. The molecule has 4 rings (SSSR count). The number of nitrogens with zero attached hydrogens (tertiary/aromatic N) is 2. The Bertz CT molecular complexity index is 976. The number of fused-ring (bicyclic) bond motifs is 1. The lowest BCUT2D eigenvalue weighted by Gasteiger charge is -2.05. The maximum atomic E-state index is 6.17. The third kappa shape index (κ3) is 2.94. The summed E-state index contributed by atoms with van der Waals surface area (Å²) >= 11 is 11.4. The molecule has 0 spiro atoms. The van der Waals surface area contributed by atoms with Crippen molar-refractivity contribution in [1.29, 1.82) is 0 Å². The van der Waals surface area contributed by atoms with Crippen molar-refractivity contribution in [3.63, 3.8) is 0 Å².